The van der Waals surface area contributed by atoms with Crippen LogP contribution in [-0.2, 0) is 22.3 Å². The normalized spacial score (nSPS) is 21.8. The van der Waals surface area contributed by atoms with Crippen molar-refractivity contribution in [3.8, 4) is 0 Å². The van der Waals surface area contributed by atoms with Crippen LogP contribution in [0.1, 0.15) is 35.6 Å². The van der Waals surface area contributed by atoms with Crippen LogP contribution < -0.4 is 0 Å². The van der Waals surface area contributed by atoms with Gasteiger partial charge in [-0.05, 0) is 48.9 Å². The fraction of sp³-hybridized carbons (Fsp3) is 0.647. The lowest BCUT2D eigenvalue weighted by atomic mass is 9.86. The van der Waals surface area contributed by atoms with E-state index in [2.05, 4.69) is 23.1 Å². The molecule has 1 saturated heterocycles. The Bertz CT molecular complexity index is 447. The van der Waals surface area contributed by atoms with Gasteiger partial charge in [-0.2, -0.15) is 0 Å². The maximum absolute atomic E-state index is 5.61. The first kappa shape index (κ1) is 14.1. The van der Waals surface area contributed by atoms with Gasteiger partial charge in [0.2, 0.25) is 0 Å². The number of hydrogen-bond acceptors (Lipinski definition) is 3. The van der Waals surface area contributed by atoms with Crippen LogP contribution in [0.25, 0.3) is 0 Å². The van der Waals surface area contributed by atoms with E-state index in [1.165, 1.54) is 37.8 Å². The molecule has 1 aromatic carbocycles. The van der Waals surface area contributed by atoms with Gasteiger partial charge in [0.05, 0.1) is 19.8 Å². The number of benzene rings is 1. The molecule has 1 atom stereocenters. The van der Waals surface area contributed by atoms with E-state index in [4.69, 9.17) is 9.47 Å². The van der Waals surface area contributed by atoms with E-state index >= 15 is 0 Å². The van der Waals surface area contributed by atoms with Crippen molar-refractivity contribution in [2.24, 2.45) is 0 Å². The van der Waals surface area contributed by atoms with Crippen molar-refractivity contribution in [2.75, 3.05) is 40.0 Å². The fourth-order valence-corrected chi connectivity index (χ4v) is 3.32. The van der Waals surface area contributed by atoms with Gasteiger partial charge in [-0.1, -0.05) is 18.2 Å². The Labute approximate surface area is 121 Å². The summed E-state index contributed by atoms with van der Waals surface area (Å²) in [6.45, 7) is 4.44. The fourth-order valence-electron chi connectivity index (χ4n) is 3.32. The lowest BCUT2D eigenvalue weighted by molar-refractivity contribution is 0.0552. The van der Waals surface area contributed by atoms with E-state index in [9.17, 15) is 0 Å². The average Bonchev–Trinajstić information content (AvgIpc) is 2.88. The molecule has 2 aliphatic rings. The molecule has 0 aromatic heterocycles. The number of aryl methyl sites for hydroxylation is 2. The number of methoxy groups -OCH3 is 1. The van der Waals surface area contributed by atoms with Crippen molar-refractivity contribution in [1.82, 2.24) is 4.90 Å². The first-order chi connectivity index (χ1) is 9.88. The monoisotopic (exact) mass is 275 g/mol. The molecule has 0 saturated carbocycles. The Morgan fingerprint density at radius 1 is 1.15 bits per heavy atom. The molecule has 0 N–H and O–H groups in total. The molecule has 1 unspecified atom stereocenters. The molecule has 0 bridgehead atoms. The summed E-state index contributed by atoms with van der Waals surface area (Å²) in [7, 11) is 1.71. The van der Waals surface area contributed by atoms with Crippen molar-refractivity contribution in [1.29, 1.82) is 0 Å². The van der Waals surface area contributed by atoms with Crippen molar-refractivity contribution in [3.63, 3.8) is 0 Å². The van der Waals surface area contributed by atoms with Gasteiger partial charge in [0.1, 0.15) is 0 Å². The van der Waals surface area contributed by atoms with Crippen LogP contribution in [0.15, 0.2) is 18.2 Å². The van der Waals surface area contributed by atoms with Crippen molar-refractivity contribution >= 4 is 0 Å². The van der Waals surface area contributed by atoms with Gasteiger partial charge in [-0.15, -0.1) is 0 Å². The predicted octanol–water partition coefficient (Wildman–Crippen LogP) is 2.59. The van der Waals surface area contributed by atoms with Crippen molar-refractivity contribution < 1.29 is 9.47 Å². The minimum atomic E-state index is 0.604. The zero-order chi connectivity index (χ0) is 13.8. The highest BCUT2D eigenvalue weighted by Gasteiger charge is 2.26. The first-order valence-corrected chi connectivity index (χ1v) is 7.81. The highest BCUT2D eigenvalue weighted by Crippen LogP contribution is 2.34. The van der Waals surface area contributed by atoms with Crippen LogP contribution in [0.5, 0.6) is 0 Å². The predicted molar refractivity (Wildman–Crippen MR) is 80.1 cm³/mol. The summed E-state index contributed by atoms with van der Waals surface area (Å²) in [6, 6.07) is 7.71. The van der Waals surface area contributed by atoms with E-state index in [0.717, 1.165) is 13.2 Å². The summed E-state index contributed by atoms with van der Waals surface area (Å²) in [5, 5.41) is 0. The average molecular weight is 275 g/mol. The van der Waals surface area contributed by atoms with E-state index in [0.29, 0.717) is 19.3 Å². The smallest absolute Gasteiger partial charge is 0.0700 e. The molecule has 0 radical (unpaired) electrons. The summed E-state index contributed by atoms with van der Waals surface area (Å²) in [5.74, 6) is 0. The number of fused-ring (bicyclic) bond motifs is 1. The van der Waals surface area contributed by atoms with Crippen LogP contribution in [0.3, 0.4) is 0 Å². The lowest BCUT2D eigenvalue weighted by Gasteiger charge is -2.27. The van der Waals surface area contributed by atoms with Gasteiger partial charge < -0.3 is 9.47 Å². The van der Waals surface area contributed by atoms with E-state index in [1.807, 2.05) is 0 Å². The third-order valence-corrected chi connectivity index (χ3v) is 4.60. The third kappa shape index (κ3) is 3.05. The molecule has 1 aromatic rings. The Morgan fingerprint density at radius 2 is 2.05 bits per heavy atom. The quantitative estimate of drug-likeness (QED) is 0.714. The van der Waals surface area contributed by atoms with Gasteiger partial charge in [0.15, 0.2) is 0 Å². The second-order valence-corrected chi connectivity index (χ2v) is 5.83. The summed E-state index contributed by atoms with van der Waals surface area (Å²) < 4.78 is 10.6. The number of nitrogens with zero attached hydrogens (tertiary/aromatic N) is 1. The van der Waals surface area contributed by atoms with Gasteiger partial charge in [0, 0.05) is 19.7 Å². The van der Waals surface area contributed by atoms with Crippen molar-refractivity contribution in [3.05, 3.63) is 34.9 Å². The van der Waals surface area contributed by atoms with Crippen LogP contribution in [-0.4, -0.2) is 44.9 Å². The van der Waals surface area contributed by atoms with Crippen LogP contribution in [0.4, 0.5) is 0 Å². The number of ether oxygens (including phenoxy) is 2. The lowest BCUT2D eigenvalue weighted by Crippen LogP contribution is -2.28. The highest BCUT2D eigenvalue weighted by atomic mass is 16.5. The number of rotatable bonds is 7. The van der Waals surface area contributed by atoms with Crippen molar-refractivity contribution in [2.45, 2.75) is 31.7 Å². The molecule has 1 aliphatic heterocycles. The topological polar surface area (TPSA) is 21.7 Å². The second-order valence-electron chi connectivity index (χ2n) is 5.83. The zero-order valence-electron chi connectivity index (χ0n) is 12.4. The molecule has 20 heavy (non-hydrogen) atoms. The minimum absolute atomic E-state index is 0.604. The Kier molecular flexibility index (Phi) is 4.71. The first-order valence-electron chi connectivity index (χ1n) is 7.81. The molecular weight excluding hydrogens is 250 g/mol. The van der Waals surface area contributed by atoms with Gasteiger partial charge in [0.25, 0.3) is 0 Å². The highest BCUT2D eigenvalue weighted by molar-refractivity contribution is 5.39. The number of likely N-dealkylation sites (tertiary alicyclic amines) is 1. The SMILES string of the molecule is COCCOCCN1CCCC1c1ccc2c(c1)CC2. The van der Waals surface area contributed by atoms with Gasteiger partial charge >= 0.3 is 0 Å². The van der Waals surface area contributed by atoms with Crippen LogP contribution >= 0.6 is 0 Å². The molecule has 1 fully saturated rings. The zero-order valence-corrected chi connectivity index (χ0v) is 12.4. The largest absolute Gasteiger partial charge is 0.382 e. The van der Waals surface area contributed by atoms with E-state index in [1.54, 1.807) is 18.2 Å². The summed E-state index contributed by atoms with van der Waals surface area (Å²) in [5.41, 5.74) is 4.64. The molecule has 1 aliphatic carbocycles. The Morgan fingerprint density at radius 3 is 2.80 bits per heavy atom. The van der Waals surface area contributed by atoms with Gasteiger partial charge in [-0.25, -0.2) is 0 Å². The molecule has 1 heterocycles. The minimum Gasteiger partial charge on any atom is -0.382 e. The second kappa shape index (κ2) is 6.70. The van der Waals surface area contributed by atoms with Crippen LogP contribution in [0, 0.1) is 0 Å². The Hall–Kier alpha value is -0.900. The molecule has 3 heteroatoms. The van der Waals surface area contributed by atoms with E-state index in [-0.39, 0.29) is 0 Å². The maximum atomic E-state index is 5.61. The summed E-state index contributed by atoms with van der Waals surface area (Å²) in [4.78, 5) is 2.58. The standard InChI is InChI=1S/C17H25NO2/c1-19-11-12-20-10-9-18-8-2-3-17(18)16-7-5-14-4-6-15(14)13-16/h5,7,13,17H,2-4,6,8-12H2,1H3. The van der Waals surface area contributed by atoms with Gasteiger partial charge in [-0.3, -0.25) is 4.90 Å². The molecule has 110 valence electrons. The molecule has 3 rings (SSSR count). The molecule has 3 nitrogen and oxygen atoms in total. The number of hydrogen-bond donors (Lipinski definition) is 0. The van der Waals surface area contributed by atoms with E-state index < -0.39 is 0 Å². The Balaban J connectivity index is 1.53. The molecule has 0 spiro atoms. The van der Waals surface area contributed by atoms with Crippen LogP contribution in [0.2, 0.25) is 0 Å². The summed E-state index contributed by atoms with van der Waals surface area (Å²) in [6.07, 6.45) is 5.14. The third-order valence-electron chi connectivity index (χ3n) is 4.60. The maximum Gasteiger partial charge on any atom is 0.0700 e. The molecule has 0 amide bonds. The summed E-state index contributed by atoms with van der Waals surface area (Å²) >= 11 is 0. The molecular formula is C17H25NO2.